The first-order chi connectivity index (χ1) is 14.0. The van der Waals surface area contributed by atoms with Crippen molar-refractivity contribution in [2.45, 2.75) is 31.1 Å². The van der Waals surface area contributed by atoms with Crippen molar-refractivity contribution < 1.29 is 14.0 Å². The predicted molar refractivity (Wildman–Crippen MR) is 109 cm³/mol. The maximum atomic E-state index is 12.9. The number of carbonyl (C=O) groups is 2. The van der Waals surface area contributed by atoms with Crippen molar-refractivity contribution in [1.29, 1.82) is 0 Å². The van der Waals surface area contributed by atoms with Crippen molar-refractivity contribution in [3.05, 3.63) is 65.9 Å². The molecule has 0 radical (unpaired) electrons. The lowest BCUT2D eigenvalue weighted by atomic mass is 10.2. The summed E-state index contributed by atoms with van der Waals surface area (Å²) in [5, 5.41) is 8.82. The molecule has 0 bridgehead atoms. The van der Waals surface area contributed by atoms with Gasteiger partial charge >= 0.3 is 0 Å². The van der Waals surface area contributed by atoms with E-state index in [1.54, 1.807) is 15.7 Å². The number of aryl methyl sites for hydroxylation is 1. The number of aromatic nitrogens is 3. The number of amides is 2. The van der Waals surface area contributed by atoms with Crippen LogP contribution in [-0.4, -0.2) is 37.2 Å². The van der Waals surface area contributed by atoms with Gasteiger partial charge in [-0.1, -0.05) is 42.1 Å². The van der Waals surface area contributed by atoms with E-state index in [1.165, 1.54) is 11.8 Å². The van der Waals surface area contributed by atoms with Crippen LogP contribution in [0.15, 0.2) is 58.3 Å². The van der Waals surface area contributed by atoms with Crippen LogP contribution in [0.2, 0.25) is 0 Å². The third-order valence-electron chi connectivity index (χ3n) is 4.34. The average Bonchev–Trinajstić information content (AvgIpc) is 3.34. The lowest BCUT2D eigenvalue weighted by Crippen LogP contribution is -2.31. The number of nitrogens with two attached hydrogens (primary N) is 1. The molecule has 2 amide bonds. The fraction of sp³-hybridized carbons (Fsp3) is 0.300. The van der Waals surface area contributed by atoms with Crippen molar-refractivity contribution in [2.75, 3.05) is 5.75 Å². The van der Waals surface area contributed by atoms with Crippen molar-refractivity contribution >= 4 is 23.6 Å². The molecule has 2 heterocycles. The monoisotopic (exact) mass is 413 g/mol. The number of nitrogens with zero attached hydrogens (tertiary/aromatic N) is 4. The Labute approximate surface area is 173 Å². The number of furan rings is 1. The summed E-state index contributed by atoms with van der Waals surface area (Å²) in [6, 6.07) is 13.5. The molecule has 0 spiro atoms. The van der Waals surface area contributed by atoms with Crippen LogP contribution < -0.4 is 5.73 Å². The number of benzene rings is 1. The number of hydrogen-bond acceptors (Lipinski definition) is 6. The Bertz CT molecular complexity index is 940. The van der Waals surface area contributed by atoms with Crippen molar-refractivity contribution in [3.8, 4) is 0 Å². The second-order valence-electron chi connectivity index (χ2n) is 6.53. The summed E-state index contributed by atoms with van der Waals surface area (Å²) in [6.07, 6.45) is 2.23. The molecule has 8 nitrogen and oxygen atoms in total. The molecule has 0 fully saturated rings. The van der Waals surface area contributed by atoms with Gasteiger partial charge in [0.2, 0.25) is 11.8 Å². The zero-order valence-corrected chi connectivity index (χ0v) is 17.0. The maximum Gasteiger partial charge on any atom is 0.233 e. The van der Waals surface area contributed by atoms with Gasteiger partial charge in [0.25, 0.3) is 0 Å². The van der Waals surface area contributed by atoms with E-state index in [4.69, 9.17) is 10.2 Å². The summed E-state index contributed by atoms with van der Waals surface area (Å²) >= 11 is 1.31. The van der Waals surface area contributed by atoms with Gasteiger partial charge in [-0.25, -0.2) is 0 Å². The molecule has 0 unspecified atom stereocenters. The SMILES string of the molecule is Cn1c(CCC(N)=O)nnc1SCC(=O)N(Cc1ccccc1)Cc1ccco1. The van der Waals surface area contributed by atoms with Crippen molar-refractivity contribution in [2.24, 2.45) is 12.8 Å². The van der Waals surface area contributed by atoms with Gasteiger partial charge in [0.05, 0.1) is 18.6 Å². The number of primary amides is 1. The summed E-state index contributed by atoms with van der Waals surface area (Å²) in [7, 11) is 1.81. The molecule has 0 saturated heterocycles. The lowest BCUT2D eigenvalue weighted by Gasteiger charge is -2.21. The van der Waals surface area contributed by atoms with Gasteiger partial charge in [0, 0.05) is 26.4 Å². The number of hydrogen-bond donors (Lipinski definition) is 1. The molecule has 0 atom stereocenters. The van der Waals surface area contributed by atoms with Crippen molar-refractivity contribution in [1.82, 2.24) is 19.7 Å². The van der Waals surface area contributed by atoms with E-state index in [2.05, 4.69) is 10.2 Å². The second kappa shape index (κ2) is 9.92. The van der Waals surface area contributed by atoms with E-state index in [0.29, 0.717) is 30.5 Å². The van der Waals surface area contributed by atoms with Gasteiger partial charge in [-0.3, -0.25) is 9.59 Å². The largest absolute Gasteiger partial charge is 0.467 e. The third kappa shape index (κ3) is 5.95. The van der Waals surface area contributed by atoms with E-state index in [1.807, 2.05) is 49.5 Å². The predicted octanol–water partition coefficient (Wildman–Crippen LogP) is 2.15. The minimum Gasteiger partial charge on any atom is -0.467 e. The van der Waals surface area contributed by atoms with Crippen LogP contribution in [0.3, 0.4) is 0 Å². The second-order valence-corrected chi connectivity index (χ2v) is 7.47. The number of thioether (sulfide) groups is 1. The van der Waals surface area contributed by atoms with Crippen molar-refractivity contribution in [3.63, 3.8) is 0 Å². The molecule has 0 aliphatic heterocycles. The Morgan fingerprint density at radius 2 is 1.93 bits per heavy atom. The molecular formula is C20H23N5O3S. The van der Waals surface area contributed by atoms with Crippen LogP contribution >= 0.6 is 11.8 Å². The fourth-order valence-corrected chi connectivity index (χ4v) is 3.60. The molecule has 9 heteroatoms. The zero-order chi connectivity index (χ0) is 20.6. The summed E-state index contributed by atoms with van der Waals surface area (Å²) in [6.45, 7) is 0.883. The lowest BCUT2D eigenvalue weighted by molar-refractivity contribution is -0.129. The molecule has 3 aromatic rings. The minimum atomic E-state index is -0.383. The van der Waals surface area contributed by atoms with Crippen LogP contribution in [0, 0.1) is 0 Å². The van der Waals surface area contributed by atoms with Crippen LogP contribution in [0.5, 0.6) is 0 Å². The van der Waals surface area contributed by atoms with Gasteiger partial charge in [0.15, 0.2) is 5.16 Å². The first kappa shape index (κ1) is 20.7. The molecule has 152 valence electrons. The van der Waals surface area contributed by atoms with E-state index >= 15 is 0 Å². The molecule has 0 aliphatic carbocycles. The Morgan fingerprint density at radius 1 is 1.14 bits per heavy atom. The van der Waals surface area contributed by atoms with Gasteiger partial charge in [-0.05, 0) is 17.7 Å². The highest BCUT2D eigenvalue weighted by atomic mass is 32.2. The maximum absolute atomic E-state index is 12.9. The quantitative estimate of drug-likeness (QED) is 0.510. The summed E-state index contributed by atoms with van der Waals surface area (Å²) in [4.78, 5) is 25.6. The highest BCUT2D eigenvalue weighted by Crippen LogP contribution is 2.19. The zero-order valence-electron chi connectivity index (χ0n) is 16.2. The Hall–Kier alpha value is -3.07. The highest BCUT2D eigenvalue weighted by Gasteiger charge is 2.18. The topological polar surface area (TPSA) is 107 Å². The van der Waals surface area contributed by atoms with Crippen LogP contribution in [-0.2, 0) is 36.1 Å². The molecule has 2 N–H and O–H groups in total. The Kier molecular flexibility index (Phi) is 7.07. The van der Waals surface area contributed by atoms with E-state index in [9.17, 15) is 9.59 Å². The number of rotatable bonds is 10. The molecule has 2 aromatic heterocycles. The standard InChI is InChI=1S/C20H23N5O3S/c1-24-18(10-9-17(21)26)22-23-20(24)29-14-19(27)25(13-16-8-5-11-28-16)12-15-6-3-2-4-7-15/h2-8,11H,9-10,12-14H2,1H3,(H2,21,26). The molecule has 0 saturated carbocycles. The minimum absolute atomic E-state index is 0.0306. The van der Waals surface area contributed by atoms with Crippen LogP contribution in [0.4, 0.5) is 0 Å². The van der Waals surface area contributed by atoms with E-state index in [0.717, 1.165) is 11.3 Å². The van der Waals surface area contributed by atoms with Gasteiger partial charge in [0.1, 0.15) is 11.6 Å². The first-order valence-corrected chi connectivity index (χ1v) is 10.1. The smallest absolute Gasteiger partial charge is 0.233 e. The average molecular weight is 414 g/mol. The molecule has 3 rings (SSSR count). The third-order valence-corrected chi connectivity index (χ3v) is 5.35. The molecule has 1 aromatic carbocycles. The van der Waals surface area contributed by atoms with Crippen LogP contribution in [0.1, 0.15) is 23.6 Å². The molecule has 0 aliphatic rings. The van der Waals surface area contributed by atoms with Crippen LogP contribution in [0.25, 0.3) is 0 Å². The number of carbonyl (C=O) groups excluding carboxylic acids is 2. The molecule has 29 heavy (non-hydrogen) atoms. The fourth-order valence-electron chi connectivity index (χ4n) is 2.77. The Morgan fingerprint density at radius 3 is 2.62 bits per heavy atom. The van der Waals surface area contributed by atoms with Gasteiger partial charge in [-0.2, -0.15) is 0 Å². The first-order valence-electron chi connectivity index (χ1n) is 9.16. The summed E-state index contributed by atoms with van der Waals surface area (Å²) < 4.78 is 7.21. The summed E-state index contributed by atoms with van der Waals surface area (Å²) in [5.74, 6) is 1.20. The summed E-state index contributed by atoms with van der Waals surface area (Å²) in [5.41, 5.74) is 6.23. The Balaban J connectivity index is 1.64. The van der Waals surface area contributed by atoms with E-state index < -0.39 is 0 Å². The molecular weight excluding hydrogens is 390 g/mol. The highest BCUT2D eigenvalue weighted by molar-refractivity contribution is 7.99. The normalized spacial score (nSPS) is 10.8. The van der Waals surface area contributed by atoms with Gasteiger partial charge < -0.3 is 19.6 Å². The van der Waals surface area contributed by atoms with E-state index in [-0.39, 0.29) is 24.0 Å². The van der Waals surface area contributed by atoms with Gasteiger partial charge in [-0.15, -0.1) is 10.2 Å².